The quantitative estimate of drug-likeness (QED) is 0.684. The van der Waals surface area contributed by atoms with Gasteiger partial charge in [-0.2, -0.15) is 0 Å². The van der Waals surface area contributed by atoms with Crippen molar-refractivity contribution in [3.63, 3.8) is 0 Å². The predicted octanol–water partition coefficient (Wildman–Crippen LogP) is 4.53. The molecule has 2 aliphatic rings. The van der Waals surface area contributed by atoms with Crippen molar-refractivity contribution >= 4 is 5.69 Å². The van der Waals surface area contributed by atoms with Crippen molar-refractivity contribution in [2.45, 2.75) is 58.4 Å². The molecule has 1 aromatic carbocycles. The maximum absolute atomic E-state index is 5.68. The molecule has 0 spiro atoms. The van der Waals surface area contributed by atoms with Crippen LogP contribution in [0, 0.1) is 31.1 Å². The number of hydrogen-bond donors (Lipinski definition) is 0. The van der Waals surface area contributed by atoms with E-state index in [0.29, 0.717) is 6.04 Å². The van der Waals surface area contributed by atoms with Crippen LogP contribution in [0.15, 0.2) is 18.2 Å². The lowest BCUT2D eigenvalue weighted by molar-refractivity contribution is 0.154. The van der Waals surface area contributed by atoms with Gasteiger partial charge in [-0.1, -0.05) is 50.8 Å². The van der Waals surface area contributed by atoms with Gasteiger partial charge in [0.15, 0.2) is 0 Å². The fourth-order valence-electron chi connectivity index (χ4n) is 4.63. The van der Waals surface area contributed by atoms with Crippen molar-refractivity contribution in [3.05, 3.63) is 29.3 Å². The first-order chi connectivity index (χ1) is 9.95. The molecule has 1 fully saturated rings. The lowest BCUT2D eigenvalue weighted by Gasteiger charge is -2.54. The number of rotatable bonds is 1. The molecule has 1 nitrogen and oxygen atoms in total. The first-order valence-electron chi connectivity index (χ1n) is 8.26. The Kier molecular flexibility index (Phi) is 3.52. The van der Waals surface area contributed by atoms with Gasteiger partial charge in [-0.05, 0) is 48.6 Å². The number of hydrogen-bond acceptors (Lipinski definition) is 1. The standard InChI is InChI=1S/C20H27N/c1-6-11-21-18-10-8-14(2)12-17(18)20(4,5)16-9-7-15(3)13-19(16)21/h1,8,10,12,15-16,19H,7,9,11,13H2,2-5H3/t15-,16-,19-/m0/s1. The van der Waals surface area contributed by atoms with E-state index in [-0.39, 0.29) is 5.41 Å². The van der Waals surface area contributed by atoms with Crippen molar-refractivity contribution in [2.24, 2.45) is 11.8 Å². The molecule has 21 heavy (non-hydrogen) atoms. The average Bonchev–Trinajstić information content (AvgIpc) is 2.43. The van der Waals surface area contributed by atoms with Crippen molar-refractivity contribution in [3.8, 4) is 12.3 Å². The Labute approximate surface area is 129 Å². The van der Waals surface area contributed by atoms with Crippen LogP contribution in [-0.4, -0.2) is 12.6 Å². The summed E-state index contributed by atoms with van der Waals surface area (Å²) < 4.78 is 0. The molecule has 112 valence electrons. The Morgan fingerprint density at radius 2 is 2.10 bits per heavy atom. The number of terminal acetylenes is 1. The number of aryl methyl sites for hydroxylation is 1. The smallest absolute Gasteiger partial charge is 0.0795 e. The van der Waals surface area contributed by atoms with E-state index in [1.807, 2.05) is 0 Å². The first kappa shape index (κ1) is 14.5. The molecule has 3 atom stereocenters. The summed E-state index contributed by atoms with van der Waals surface area (Å²) in [6, 6.07) is 7.51. The fourth-order valence-corrected chi connectivity index (χ4v) is 4.63. The number of anilines is 1. The van der Waals surface area contributed by atoms with Crippen LogP contribution in [0.25, 0.3) is 0 Å². The van der Waals surface area contributed by atoms with E-state index in [1.165, 1.54) is 36.1 Å². The second-order valence-electron chi connectivity index (χ2n) is 7.67. The molecule has 0 amide bonds. The normalized spacial score (nSPS) is 30.2. The summed E-state index contributed by atoms with van der Waals surface area (Å²) in [5.74, 6) is 4.43. The lowest BCUT2D eigenvalue weighted by Crippen LogP contribution is -2.55. The fraction of sp³-hybridized carbons (Fsp3) is 0.600. The molecular weight excluding hydrogens is 254 g/mol. The van der Waals surface area contributed by atoms with Crippen molar-refractivity contribution in [2.75, 3.05) is 11.4 Å². The van der Waals surface area contributed by atoms with Crippen LogP contribution >= 0.6 is 0 Å². The van der Waals surface area contributed by atoms with Crippen LogP contribution in [0.3, 0.4) is 0 Å². The Morgan fingerprint density at radius 1 is 1.33 bits per heavy atom. The van der Waals surface area contributed by atoms with E-state index in [0.717, 1.165) is 18.4 Å². The second kappa shape index (κ2) is 5.09. The molecule has 0 saturated heterocycles. The van der Waals surface area contributed by atoms with Gasteiger partial charge in [-0.15, -0.1) is 6.42 Å². The van der Waals surface area contributed by atoms with Crippen LogP contribution < -0.4 is 4.90 Å². The highest BCUT2D eigenvalue weighted by Gasteiger charge is 2.47. The van der Waals surface area contributed by atoms with Gasteiger partial charge < -0.3 is 4.90 Å². The van der Waals surface area contributed by atoms with Crippen molar-refractivity contribution < 1.29 is 0 Å². The Balaban J connectivity index is 2.14. The van der Waals surface area contributed by atoms with Gasteiger partial charge in [0.2, 0.25) is 0 Å². The summed E-state index contributed by atoms with van der Waals surface area (Å²) in [5.41, 5.74) is 4.47. The minimum Gasteiger partial charge on any atom is -0.357 e. The summed E-state index contributed by atoms with van der Waals surface area (Å²) in [4.78, 5) is 2.51. The highest BCUT2D eigenvalue weighted by Crippen LogP contribution is 2.51. The summed E-state index contributed by atoms with van der Waals surface area (Å²) in [7, 11) is 0. The molecule has 0 N–H and O–H groups in total. The molecule has 1 heteroatoms. The van der Waals surface area contributed by atoms with Gasteiger partial charge in [0.25, 0.3) is 0 Å². The summed E-state index contributed by atoms with van der Waals surface area (Å²) in [6.07, 6.45) is 9.64. The van der Waals surface area contributed by atoms with Gasteiger partial charge in [0, 0.05) is 11.7 Å². The van der Waals surface area contributed by atoms with Gasteiger partial charge in [-0.25, -0.2) is 0 Å². The number of fused-ring (bicyclic) bond motifs is 2. The summed E-state index contributed by atoms with van der Waals surface area (Å²) in [5, 5.41) is 0. The first-order valence-corrected chi connectivity index (χ1v) is 8.26. The zero-order chi connectivity index (χ0) is 15.2. The average molecular weight is 281 g/mol. The number of nitrogens with zero attached hydrogens (tertiary/aromatic N) is 1. The van der Waals surface area contributed by atoms with Crippen LogP contribution in [0.1, 0.15) is 51.2 Å². The minimum absolute atomic E-state index is 0.247. The van der Waals surface area contributed by atoms with E-state index < -0.39 is 0 Å². The van der Waals surface area contributed by atoms with E-state index >= 15 is 0 Å². The largest absolute Gasteiger partial charge is 0.357 e. The molecule has 1 aliphatic heterocycles. The second-order valence-corrected chi connectivity index (χ2v) is 7.67. The van der Waals surface area contributed by atoms with E-state index in [9.17, 15) is 0 Å². The third kappa shape index (κ3) is 2.26. The maximum Gasteiger partial charge on any atom is 0.0795 e. The van der Waals surface area contributed by atoms with Crippen LogP contribution in [-0.2, 0) is 5.41 Å². The summed E-state index contributed by atoms with van der Waals surface area (Å²) >= 11 is 0. The van der Waals surface area contributed by atoms with Crippen molar-refractivity contribution in [1.29, 1.82) is 0 Å². The lowest BCUT2D eigenvalue weighted by atomic mass is 9.60. The third-order valence-electron chi connectivity index (χ3n) is 5.82. The molecule has 0 aromatic heterocycles. The zero-order valence-electron chi connectivity index (χ0n) is 13.8. The molecule has 1 saturated carbocycles. The molecule has 0 unspecified atom stereocenters. The number of benzene rings is 1. The van der Waals surface area contributed by atoms with Gasteiger partial charge in [0.1, 0.15) is 0 Å². The highest BCUT2D eigenvalue weighted by atomic mass is 15.2. The molecule has 1 heterocycles. The SMILES string of the molecule is C#CCN1c2ccc(C)cc2C(C)(C)[C@H]2CC[C@H](C)C[C@@H]21. The van der Waals surface area contributed by atoms with Gasteiger partial charge in [0.05, 0.1) is 6.54 Å². The van der Waals surface area contributed by atoms with Gasteiger partial charge >= 0.3 is 0 Å². The topological polar surface area (TPSA) is 3.24 Å². The van der Waals surface area contributed by atoms with Crippen LogP contribution in [0.5, 0.6) is 0 Å². The zero-order valence-corrected chi connectivity index (χ0v) is 13.8. The van der Waals surface area contributed by atoms with E-state index in [2.05, 4.69) is 56.7 Å². The molecular formula is C20H27N. The Hall–Kier alpha value is -1.42. The van der Waals surface area contributed by atoms with E-state index in [4.69, 9.17) is 6.42 Å². The molecule has 1 aromatic rings. The van der Waals surface area contributed by atoms with Gasteiger partial charge in [-0.3, -0.25) is 0 Å². The summed E-state index contributed by atoms with van der Waals surface area (Å²) in [6.45, 7) is 10.2. The monoisotopic (exact) mass is 281 g/mol. The Bertz CT molecular complexity index is 578. The Morgan fingerprint density at radius 3 is 2.81 bits per heavy atom. The maximum atomic E-state index is 5.68. The molecule has 0 bridgehead atoms. The molecule has 0 radical (unpaired) electrons. The highest BCUT2D eigenvalue weighted by molar-refractivity contribution is 5.62. The molecule has 3 rings (SSSR count). The van der Waals surface area contributed by atoms with E-state index in [1.54, 1.807) is 0 Å². The predicted molar refractivity (Wildman–Crippen MR) is 90.7 cm³/mol. The van der Waals surface area contributed by atoms with Crippen LogP contribution in [0.2, 0.25) is 0 Å². The van der Waals surface area contributed by atoms with Crippen LogP contribution in [0.4, 0.5) is 5.69 Å². The minimum atomic E-state index is 0.247. The van der Waals surface area contributed by atoms with Crippen molar-refractivity contribution in [1.82, 2.24) is 0 Å². The third-order valence-corrected chi connectivity index (χ3v) is 5.82. The molecule has 1 aliphatic carbocycles.